The highest BCUT2D eigenvalue weighted by Crippen LogP contribution is 2.20. The average Bonchev–Trinajstić information content (AvgIpc) is 2.84. The number of hydrogen-bond acceptors (Lipinski definition) is 6. The predicted molar refractivity (Wildman–Crippen MR) is 123 cm³/mol. The fourth-order valence-electron chi connectivity index (χ4n) is 2.55. The van der Waals surface area contributed by atoms with Crippen molar-refractivity contribution in [3.05, 3.63) is 59.7 Å². The lowest BCUT2D eigenvalue weighted by atomic mass is 10.1. The highest BCUT2D eigenvalue weighted by molar-refractivity contribution is 6.35. The summed E-state index contributed by atoms with van der Waals surface area (Å²) in [5.41, 5.74) is 4.06. The Hall–Kier alpha value is -4.76. The van der Waals surface area contributed by atoms with Gasteiger partial charge in [-0.25, -0.2) is 10.9 Å². The number of nitrogens with zero attached hydrogens (tertiary/aromatic N) is 2. The zero-order chi connectivity index (χ0) is 28.7. The number of amides is 4. The number of carbonyl (C=O) groups excluding carboxylic acids is 4. The first-order chi connectivity index (χ1) is 17.6. The maximum Gasteiger partial charge on any atom is 0.471 e. The molecule has 0 fully saturated rings. The quantitative estimate of drug-likeness (QED) is 0.192. The van der Waals surface area contributed by atoms with Gasteiger partial charge >= 0.3 is 36.0 Å². The number of halogens is 6. The fourth-order valence-corrected chi connectivity index (χ4v) is 2.55. The van der Waals surface area contributed by atoms with Crippen LogP contribution in [0.1, 0.15) is 25.0 Å². The van der Waals surface area contributed by atoms with Crippen LogP contribution in [0.5, 0.6) is 0 Å². The van der Waals surface area contributed by atoms with Crippen molar-refractivity contribution in [1.82, 2.24) is 10.9 Å². The number of hydrogen-bond donors (Lipinski definition) is 4. The molecule has 2 aromatic rings. The Morgan fingerprint density at radius 3 is 1.29 bits per heavy atom. The maximum absolute atomic E-state index is 12.4. The molecule has 16 heteroatoms. The summed E-state index contributed by atoms with van der Waals surface area (Å²) < 4.78 is 74.4. The molecule has 0 radical (unpaired) electrons. The van der Waals surface area contributed by atoms with Crippen molar-refractivity contribution in [1.29, 1.82) is 0 Å². The lowest BCUT2D eigenvalue weighted by molar-refractivity contribution is -0.167. The smallest absolute Gasteiger partial charge is 0.318 e. The summed E-state index contributed by atoms with van der Waals surface area (Å²) in [4.78, 5) is 46.1. The second-order valence-corrected chi connectivity index (χ2v) is 7.34. The van der Waals surface area contributed by atoms with Crippen LogP contribution >= 0.6 is 0 Å². The van der Waals surface area contributed by atoms with E-state index in [9.17, 15) is 45.5 Å². The van der Waals surface area contributed by atoms with Gasteiger partial charge in [-0.1, -0.05) is 24.3 Å². The number of benzene rings is 2. The molecule has 2 rings (SSSR count). The number of carbonyl (C=O) groups is 4. The first-order valence-electron chi connectivity index (χ1n) is 10.2. The zero-order valence-electron chi connectivity index (χ0n) is 19.4. The van der Waals surface area contributed by atoms with E-state index < -0.39 is 36.0 Å². The number of rotatable bonds is 6. The molecule has 202 valence electrons. The lowest BCUT2D eigenvalue weighted by Gasteiger charge is -2.09. The van der Waals surface area contributed by atoms with Crippen molar-refractivity contribution in [3.63, 3.8) is 0 Å². The van der Waals surface area contributed by atoms with Crippen molar-refractivity contribution in [2.24, 2.45) is 10.2 Å². The minimum atomic E-state index is -5.09. The molecule has 0 spiro atoms. The average molecular weight is 544 g/mol. The van der Waals surface area contributed by atoms with Crippen molar-refractivity contribution in [3.8, 4) is 0 Å². The number of nitrogens with one attached hydrogen (secondary N) is 4. The van der Waals surface area contributed by atoms with E-state index in [0.717, 1.165) is 12.1 Å². The molecule has 0 saturated heterocycles. The molecule has 0 aliphatic heterocycles. The summed E-state index contributed by atoms with van der Waals surface area (Å²) in [6.07, 6.45) is -10.2. The largest absolute Gasteiger partial charge is 0.471 e. The Morgan fingerprint density at radius 1 is 0.632 bits per heavy atom. The first-order valence-corrected chi connectivity index (χ1v) is 10.2. The van der Waals surface area contributed by atoms with E-state index in [4.69, 9.17) is 0 Å². The molecule has 0 aromatic heterocycles. The molecule has 0 bridgehead atoms. The number of hydrazone groups is 2. The van der Waals surface area contributed by atoms with E-state index in [1.165, 1.54) is 50.2 Å². The summed E-state index contributed by atoms with van der Waals surface area (Å²) in [7, 11) is 0. The number of anilines is 2. The van der Waals surface area contributed by atoms with Gasteiger partial charge in [-0.15, -0.1) is 0 Å². The Morgan fingerprint density at radius 2 is 0.974 bits per heavy atom. The third-order valence-corrected chi connectivity index (χ3v) is 4.45. The van der Waals surface area contributed by atoms with Gasteiger partial charge in [0.1, 0.15) is 0 Å². The van der Waals surface area contributed by atoms with E-state index in [0.29, 0.717) is 0 Å². The second-order valence-electron chi connectivity index (χ2n) is 7.34. The Kier molecular flexibility index (Phi) is 9.29. The summed E-state index contributed by atoms with van der Waals surface area (Å²) in [6.45, 7) is 2.74. The zero-order valence-corrected chi connectivity index (χ0v) is 19.4. The minimum Gasteiger partial charge on any atom is -0.318 e. The highest BCUT2D eigenvalue weighted by Gasteiger charge is 2.39. The van der Waals surface area contributed by atoms with Gasteiger partial charge in [-0.05, 0) is 49.2 Å². The van der Waals surface area contributed by atoms with Gasteiger partial charge in [-0.3, -0.25) is 19.2 Å². The SMILES string of the molecule is CC(=NNC(=O)C(=O)NN=C(C)c1cccc(NC(=O)C(F)(F)F)c1)c1cccc(NC(=O)C(F)(F)F)c1. The Labute approximate surface area is 210 Å². The summed E-state index contributed by atoms with van der Waals surface area (Å²) >= 11 is 0. The molecule has 0 aliphatic rings. The van der Waals surface area contributed by atoms with Crippen LogP contribution in [-0.4, -0.2) is 47.4 Å². The van der Waals surface area contributed by atoms with E-state index in [-0.39, 0.29) is 33.9 Å². The van der Waals surface area contributed by atoms with Gasteiger partial charge in [0.15, 0.2) is 0 Å². The van der Waals surface area contributed by atoms with Gasteiger partial charge in [0.2, 0.25) is 0 Å². The summed E-state index contributed by atoms with van der Waals surface area (Å²) in [5, 5.41) is 10.7. The van der Waals surface area contributed by atoms with Crippen LogP contribution in [-0.2, 0) is 19.2 Å². The molecular formula is C22H18F6N6O4. The van der Waals surface area contributed by atoms with Crippen LogP contribution in [0.15, 0.2) is 58.7 Å². The third kappa shape index (κ3) is 8.72. The standard InChI is InChI=1S/C22H18F6N6O4/c1-11(13-5-3-7-15(9-13)29-19(37)21(23,24)25)31-33-17(35)18(36)34-32-12(2)14-6-4-8-16(10-14)30-20(38)22(26,27)28/h3-10H,1-2H3,(H,29,37)(H,30,38)(H,33,35)(H,34,36). The fraction of sp³-hybridized carbons (Fsp3) is 0.182. The Bertz CT molecular complexity index is 1200. The van der Waals surface area contributed by atoms with Gasteiger partial charge in [0.05, 0.1) is 11.4 Å². The van der Waals surface area contributed by atoms with Crippen molar-refractivity contribution >= 4 is 46.4 Å². The van der Waals surface area contributed by atoms with Crippen LogP contribution in [0, 0.1) is 0 Å². The van der Waals surface area contributed by atoms with Crippen molar-refractivity contribution < 1.29 is 45.5 Å². The normalized spacial score (nSPS) is 12.4. The molecule has 2 aromatic carbocycles. The highest BCUT2D eigenvalue weighted by atomic mass is 19.4. The van der Waals surface area contributed by atoms with E-state index in [2.05, 4.69) is 10.2 Å². The van der Waals surface area contributed by atoms with E-state index in [1.807, 2.05) is 10.9 Å². The molecule has 10 nitrogen and oxygen atoms in total. The molecule has 0 heterocycles. The molecule has 4 amide bonds. The molecule has 0 saturated carbocycles. The van der Waals surface area contributed by atoms with Gasteiger partial charge < -0.3 is 10.6 Å². The summed E-state index contributed by atoms with van der Waals surface area (Å²) in [5.74, 6) is -6.90. The first kappa shape index (κ1) is 29.5. The van der Waals surface area contributed by atoms with E-state index in [1.54, 1.807) is 10.6 Å². The lowest BCUT2D eigenvalue weighted by Crippen LogP contribution is -2.36. The molecule has 4 N–H and O–H groups in total. The Balaban J connectivity index is 2.00. The summed E-state index contributed by atoms with van der Waals surface area (Å²) in [6, 6.07) is 10.2. The van der Waals surface area contributed by atoms with Crippen molar-refractivity contribution in [2.45, 2.75) is 26.2 Å². The monoisotopic (exact) mass is 544 g/mol. The van der Waals surface area contributed by atoms with Crippen LogP contribution in [0.2, 0.25) is 0 Å². The minimum absolute atomic E-state index is 0.0756. The van der Waals surface area contributed by atoms with Crippen LogP contribution in [0.3, 0.4) is 0 Å². The van der Waals surface area contributed by atoms with Crippen LogP contribution < -0.4 is 21.5 Å². The molecular weight excluding hydrogens is 526 g/mol. The van der Waals surface area contributed by atoms with Crippen LogP contribution in [0.4, 0.5) is 37.7 Å². The molecule has 0 atom stereocenters. The molecule has 0 aliphatic carbocycles. The second kappa shape index (κ2) is 12.0. The molecule has 38 heavy (non-hydrogen) atoms. The predicted octanol–water partition coefficient (Wildman–Crippen LogP) is 3.07. The number of alkyl halides is 6. The third-order valence-electron chi connectivity index (χ3n) is 4.45. The molecule has 0 unspecified atom stereocenters. The van der Waals surface area contributed by atoms with Gasteiger partial charge in [-0.2, -0.15) is 36.5 Å². The van der Waals surface area contributed by atoms with Crippen LogP contribution in [0.25, 0.3) is 0 Å². The van der Waals surface area contributed by atoms with Gasteiger partial charge in [0.25, 0.3) is 0 Å². The van der Waals surface area contributed by atoms with E-state index >= 15 is 0 Å². The topological polar surface area (TPSA) is 141 Å². The maximum atomic E-state index is 12.4. The van der Waals surface area contributed by atoms with Gasteiger partial charge in [0, 0.05) is 11.4 Å². The van der Waals surface area contributed by atoms with Crippen molar-refractivity contribution in [2.75, 3.05) is 10.6 Å².